The van der Waals surface area contributed by atoms with Crippen LogP contribution in [0.25, 0.3) is 0 Å². The molecule has 1 aliphatic carbocycles. The van der Waals surface area contributed by atoms with Gasteiger partial charge >= 0.3 is 6.09 Å². The fourth-order valence-electron chi connectivity index (χ4n) is 2.21. The Morgan fingerprint density at radius 1 is 1.20 bits per heavy atom. The first-order valence-corrected chi connectivity index (χ1v) is 10.0. The van der Waals surface area contributed by atoms with Crippen LogP contribution in [0.3, 0.4) is 0 Å². The molecule has 0 atom stereocenters. The molecule has 9 nitrogen and oxygen atoms in total. The molecule has 30 heavy (non-hydrogen) atoms. The summed E-state index contributed by atoms with van der Waals surface area (Å²) in [4.78, 5) is 39.3. The van der Waals surface area contributed by atoms with E-state index in [1.54, 1.807) is 20.8 Å². The Morgan fingerprint density at radius 2 is 1.93 bits per heavy atom. The predicted molar refractivity (Wildman–Crippen MR) is 107 cm³/mol. The summed E-state index contributed by atoms with van der Waals surface area (Å²) in [7, 11) is 0. The van der Waals surface area contributed by atoms with Gasteiger partial charge in [-0.3, -0.25) is 25.8 Å². The maximum atomic E-state index is 14.3. The van der Waals surface area contributed by atoms with Gasteiger partial charge in [0.2, 0.25) is 5.91 Å². The number of anilines is 1. The number of aromatic nitrogens is 1. The lowest BCUT2D eigenvalue weighted by Crippen LogP contribution is -2.42. The average molecular weight is 436 g/mol. The number of hydrazine groups is 1. The smallest absolute Gasteiger partial charge is 0.412 e. The van der Waals surface area contributed by atoms with Crippen molar-refractivity contribution in [2.24, 2.45) is 5.92 Å². The molecule has 1 fully saturated rings. The van der Waals surface area contributed by atoms with Crippen LogP contribution < -0.4 is 20.9 Å². The predicted octanol–water partition coefficient (Wildman–Crippen LogP) is 3.59. The molecule has 1 aromatic heterocycles. The van der Waals surface area contributed by atoms with E-state index in [-0.39, 0.29) is 34.1 Å². The molecule has 0 spiro atoms. The van der Waals surface area contributed by atoms with Crippen molar-refractivity contribution >= 4 is 34.9 Å². The van der Waals surface area contributed by atoms with Crippen molar-refractivity contribution in [3.05, 3.63) is 35.1 Å². The highest BCUT2D eigenvalue weighted by molar-refractivity contribution is 7.11. The van der Waals surface area contributed by atoms with Crippen molar-refractivity contribution in [2.75, 3.05) is 5.32 Å². The Labute approximate surface area is 175 Å². The molecule has 1 aliphatic rings. The van der Waals surface area contributed by atoms with Crippen molar-refractivity contribution in [1.29, 1.82) is 0 Å². The van der Waals surface area contributed by atoms with Crippen LogP contribution in [0.4, 0.5) is 14.9 Å². The van der Waals surface area contributed by atoms with E-state index in [1.807, 2.05) is 0 Å². The van der Waals surface area contributed by atoms with Crippen molar-refractivity contribution in [2.45, 2.75) is 39.2 Å². The number of carbonyl (C=O) groups excluding carboxylic acids is 3. The summed E-state index contributed by atoms with van der Waals surface area (Å²) in [6, 6.07) is 3.83. The van der Waals surface area contributed by atoms with Gasteiger partial charge in [0.1, 0.15) is 17.0 Å². The summed E-state index contributed by atoms with van der Waals surface area (Å²) in [5, 5.41) is 3.88. The van der Waals surface area contributed by atoms with E-state index in [2.05, 4.69) is 21.2 Å². The van der Waals surface area contributed by atoms with Crippen LogP contribution in [-0.4, -0.2) is 28.5 Å². The molecule has 0 saturated heterocycles. The molecule has 1 aromatic carbocycles. The first kappa shape index (κ1) is 21.5. The van der Waals surface area contributed by atoms with Crippen LogP contribution in [0.1, 0.15) is 44.1 Å². The van der Waals surface area contributed by atoms with E-state index in [9.17, 15) is 18.8 Å². The molecule has 0 bridgehead atoms. The number of thiazole rings is 1. The number of nitrogens with one attached hydrogen (secondary N) is 3. The van der Waals surface area contributed by atoms with Crippen molar-refractivity contribution in [3.63, 3.8) is 0 Å². The average Bonchev–Trinajstić information content (AvgIpc) is 3.39. The van der Waals surface area contributed by atoms with E-state index in [4.69, 9.17) is 9.47 Å². The van der Waals surface area contributed by atoms with Crippen LogP contribution in [0, 0.1) is 11.7 Å². The molecule has 0 radical (unpaired) electrons. The van der Waals surface area contributed by atoms with Gasteiger partial charge in [0.15, 0.2) is 5.82 Å². The SMILES string of the molecule is CC(C)(C)OC(=O)Nc1ccc(Oc2nc(C(=O)NNC(=O)C3CC3)cs2)cc1F. The largest absolute Gasteiger partial charge is 0.444 e. The van der Waals surface area contributed by atoms with Crippen molar-refractivity contribution in [3.8, 4) is 10.9 Å². The Hall–Kier alpha value is -3.21. The summed E-state index contributed by atoms with van der Waals surface area (Å²) in [6.45, 7) is 5.09. The fraction of sp³-hybridized carbons (Fsp3) is 0.368. The second kappa shape index (κ2) is 8.66. The van der Waals surface area contributed by atoms with Gasteiger partial charge in [0, 0.05) is 17.4 Å². The molecule has 1 saturated carbocycles. The van der Waals surface area contributed by atoms with Crippen LogP contribution in [0.15, 0.2) is 23.6 Å². The summed E-state index contributed by atoms with van der Waals surface area (Å²) in [5.74, 6) is -1.45. The Kier molecular flexibility index (Phi) is 6.20. The lowest BCUT2D eigenvalue weighted by atomic mass is 10.2. The molecule has 1 heterocycles. The lowest BCUT2D eigenvalue weighted by molar-refractivity contribution is -0.123. The lowest BCUT2D eigenvalue weighted by Gasteiger charge is -2.19. The quantitative estimate of drug-likeness (QED) is 0.617. The second-order valence-corrected chi connectivity index (χ2v) is 8.41. The van der Waals surface area contributed by atoms with Gasteiger partial charge in [-0.25, -0.2) is 9.18 Å². The number of ether oxygens (including phenoxy) is 2. The molecule has 0 aliphatic heterocycles. The second-order valence-electron chi connectivity index (χ2n) is 7.59. The van der Waals surface area contributed by atoms with Crippen LogP contribution >= 0.6 is 11.3 Å². The number of nitrogens with zero attached hydrogens (tertiary/aromatic N) is 1. The number of carbonyl (C=O) groups is 3. The molecule has 0 unspecified atom stereocenters. The van der Waals surface area contributed by atoms with Gasteiger partial charge in [-0.15, -0.1) is 0 Å². The highest BCUT2D eigenvalue weighted by atomic mass is 32.1. The normalized spacial score (nSPS) is 13.3. The highest BCUT2D eigenvalue weighted by Gasteiger charge is 2.30. The van der Waals surface area contributed by atoms with Gasteiger partial charge in [0.25, 0.3) is 11.1 Å². The van der Waals surface area contributed by atoms with E-state index < -0.39 is 23.4 Å². The van der Waals surface area contributed by atoms with E-state index in [0.717, 1.165) is 30.2 Å². The Morgan fingerprint density at radius 3 is 2.57 bits per heavy atom. The molecule has 11 heteroatoms. The minimum atomic E-state index is -0.778. The van der Waals surface area contributed by atoms with Gasteiger partial charge in [0.05, 0.1) is 5.69 Å². The van der Waals surface area contributed by atoms with Crippen LogP contribution in [-0.2, 0) is 9.53 Å². The van der Waals surface area contributed by atoms with Crippen molar-refractivity contribution in [1.82, 2.24) is 15.8 Å². The van der Waals surface area contributed by atoms with Gasteiger partial charge in [-0.2, -0.15) is 4.98 Å². The summed E-state index contributed by atoms with van der Waals surface area (Å²) >= 11 is 1.03. The van der Waals surface area contributed by atoms with E-state index in [0.29, 0.717) is 0 Å². The van der Waals surface area contributed by atoms with Gasteiger partial charge in [-0.1, -0.05) is 11.3 Å². The zero-order valence-corrected chi connectivity index (χ0v) is 17.4. The zero-order valence-electron chi connectivity index (χ0n) is 16.6. The van der Waals surface area contributed by atoms with Gasteiger partial charge < -0.3 is 9.47 Å². The maximum absolute atomic E-state index is 14.3. The third kappa shape index (κ3) is 6.14. The summed E-state index contributed by atoms with van der Waals surface area (Å²) in [5.41, 5.74) is 3.90. The fourth-order valence-corrected chi connectivity index (χ4v) is 2.88. The summed E-state index contributed by atoms with van der Waals surface area (Å²) < 4.78 is 24.8. The third-order valence-electron chi connectivity index (χ3n) is 3.74. The highest BCUT2D eigenvalue weighted by Crippen LogP contribution is 2.29. The van der Waals surface area contributed by atoms with Gasteiger partial charge in [-0.05, 0) is 45.7 Å². The molecular formula is C19H21FN4O5S. The Bertz CT molecular complexity index is 968. The number of halogens is 1. The maximum Gasteiger partial charge on any atom is 0.412 e. The molecule has 2 aromatic rings. The minimum Gasteiger partial charge on any atom is -0.444 e. The topological polar surface area (TPSA) is 119 Å². The van der Waals surface area contributed by atoms with E-state index in [1.165, 1.54) is 17.5 Å². The van der Waals surface area contributed by atoms with Crippen molar-refractivity contribution < 1.29 is 28.2 Å². The molecule has 3 N–H and O–H groups in total. The number of hydrogen-bond donors (Lipinski definition) is 3. The first-order chi connectivity index (χ1) is 14.1. The monoisotopic (exact) mass is 436 g/mol. The van der Waals surface area contributed by atoms with E-state index >= 15 is 0 Å². The number of hydrogen-bond acceptors (Lipinski definition) is 7. The number of rotatable bonds is 5. The molecule has 3 rings (SSSR count). The third-order valence-corrected chi connectivity index (χ3v) is 4.46. The summed E-state index contributed by atoms with van der Waals surface area (Å²) in [6.07, 6.45) is 0.859. The first-order valence-electron chi connectivity index (χ1n) is 9.14. The minimum absolute atomic E-state index is 0.0395. The Balaban J connectivity index is 1.56. The zero-order chi connectivity index (χ0) is 21.9. The number of benzene rings is 1. The number of amides is 3. The van der Waals surface area contributed by atoms with Crippen LogP contribution in [0.5, 0.6) is 10.9 Å². The molecular weight excluding hydrogens is 415 g/mol. The van der Waals surface area contributed by atoms with Crippen LogP contribution in [0.2, 0.25) is 0 Å². The standard InChI is InChI=1S/C19H21FN4O5S/c1-19(2,3)29-17(27)21-13-7-6-11(8-12(13)20)28-18-22-14(9-30-18)16(26)24-23-15(25)10-4-5-10/h6-10H,4-5H2,1-3H3,(H,21,27)(H,23,25)(H,24,26). The molecule has 160 valence electrons. The molecule has 3 amide bonds.